The Morgan fingerprint density at radius 1 is 1.14 bits per heavy atom. The average Bonchev–Trinajstić information content (AvgIpc) is 3.07. The number of nitrogens with zero attached hydrogens (tertiary/aromatic N) is 6. The van der Waals surface area contributed by atoms with E-state index in [9.17, 15) is 9.18 Å². The number of halogens is 1. The van der Waals surface area contributed by atoms with Gasteiger partial charge in [-0.1, -0.05) is 0 Å². The molecular formula is C14H17FN6O. The van der Waals surface area contributed by atoms with Crippen molar-refractivity contribution in [2.75, 3.05) is 31.1 Å². The molecule has 8 heteroatoms. The third-order valence-corrected chi connectivity index (χ3v) is 3.77. The lowest BCUT2D eigenvalue weighted by Gasteiger charge is -2.36. The molecule has 0 N–H and O–H groups in total. The maximum atomic E-state index is 12.9. The van der Waals surface area contributed by atoms with Crippen molar-refractivity contribution in [1.29, 1.82) is 0 Å². The molecule has 1 fully saturated rings. The highest BCUT2D eigenvalue weighted by Crippen LogP contribution is 2.17. The summed E-state index contributed by atoms with van der Waals surface area (Å²) >= 11 is 0. The summed E-state index contributed by atoms with van der Waals surface area (Å²) < 4.78 is 14.5. The first-order chi connectivity index (χ1) is 10.7. The van der Waals surface area contributed by atoms with Gasteiger partial charge in [0.05, 0.1) is 6.54 Å². The van der Waals surface area contributed by atoms with Gasteiger partial charge in [-0.05, 0) is 34.7 Å². The quantitative estimate of drug-likeness (QED) is 0.825. The fraction of sp³-hybridized carbons (Fsp3) is 0.429. The van der Waals surface area contributed by atoms with Crippen LogP contribution in [0.5, 0.6) is 0 Å². The summed E-state index contributed by atoms with van der Waals surface area (Å²) in [7, 11) is 0. The van der Waals surface area contributed by atoms with Crippen molar-refractivity contribution in [2.24, 2.45) is 0 Å². The second kappa shape index (κ2) is 6.50. The Morgan fingerprint density at radius 3 is 2.50 bits per heavy atom. The van der Waals surface area contributed by atoms with Crippen molar-refractivity contribution < 1.29 is 9.18 Å². The van der Waals surface area contributed by atoms with Crippen LogP contribution in [0.1, 0.15) is 6.42 Å². The first kappa shape index (κ1) is 14.4. The Labute approximate surface area is 127 Å². The number of piperazine rings is 1. The molecule has 22 heavy (non-hydrogen) atoms. The molecule has 0 aliphatic carbocycles. The van der Waals surface area contributed by atoms with Crippen LogP contribution >= 0.6 is 0 Å². The molecule has 7 nitrogen and oxygen atoms in total. The number of amides is 1. The van der Waals surface area contributed by atoms with E-state index < -0.39 is 0 Å². The molecule has 1 aliphatic rings. The van der Waals surface area contributed by atoms with Crippen molar-refractivity contribution in [2.45, 2.75) is 13.0 Å². The van der Waals surface area contributed by atoms with E-state index in [0.29, 0.717) is 26.1 Å². The van der Waals surface area contributed by atoms with E-state index in [2.05, 4.69) is 20.4 Å². The molecule has 0 atom stereocenters. The summed E-state index contributed by atoms with van der Waals surface area (Å²) in [6.45, 7) is 3.34. The molecule has 116 valence electrons. The lowest BCUT2D eigenvalue weighted by atomic mass is 10.2. The average molecular weight is 304 g/mol. The van der Waals surface area contributed by atoms with Crippen LogP contribution in [-0.4, -0.2) is 57.2 Å². The molecule has 0 unspecified atom stereocenters. The van der Waals surface area contributed by atoms with Crippen LogP contribution in [0.4, 0.5) is 10.1 Å². The summed E-state index contributed by atoms with van der Waals surface area (Å²) in [5.41, 5.74) is 0.988. The van der Waals surface area contributed by atoms with Crippen molar-refractivity contribution in [3.8, 4) is 0 Å². The number of anilines is 1. The number of rotatable bonds is 4. The third-order valence-electron chi connectivity index (χ3n) is 3.77. The van der Waals surface area contributed by atoms with E-state index >= 15 is 0 Å². The highest BCUT2D eigenvalue weighted by Gasteiger charge is 2.21. The van der Waals surface area contributed by atoms with Gasteiger partial charge in [0, 0.05) is 38.3 Å². The predicted molar refractivity (Wildman–Crippen MR) is 77.6 cm³/mol. The number of aromatic nitrogens is 4. The first-order valence-electron chi connectivity index (χ1n) is 7.21. The molecule has 1 saturated heterocycles. The highest BCUT2D eigenvalue weighted by atomic mass is 19.1. The van der Waals surface area contributed by atoms with Gasteiger partial charge >= 0.3 is 0 Å². The standard InChI is InChI=1S/C14H17FN6O/c15-12-1-3-13(4-2-12)19-7-9-20(10-8-19)14(22)5-6-21-11-16-17-18-21/h1-4,11H,5-10H2. The molecule has 0 radical (unpaired) electrons. The number of hydrogen-bond donors (Lipinski definition) is 0. The van der Waals surface area contributed by atoms with Crippen molar-refractivity contribution in [3.05, 3.63) is 36.4 Å². The van der Waals surface area contributed by atoms with Gasteiger partial charge in [-0.2, -0.15) is 0 Å². The van der Waals surface area contributed by atoms with E-state index in [1.807, 2.05) is 4.90 Å². The fourth-order valence-electron chi connectivity index (χ4n) is 2.52. The summed E-state index contributed by atoms with van der Waals surface area (Å²) in [6, 6.07) is 6.45. The Balaban J connectivity index is 1.48. The van der Waals surface area contributed by atoms with Crippen molar-refractivity contribution in [1.82, 2.24) is 25.1 Å². The number of carbonyl (C=O) groups is 1. The Bertz CT molecular complexity index is 607. The third kappa shape index (κ3) is 3.38. The monoisotopic (exact) mass is 304 g/mol. The van der Waals surface area contributed by atoms with Gasteiger partial charge in [0.25, 0.3) is 0 Å². The van der Waals surface area contributed by atoms with Gasteiger partial charge in [-0.3, -0.25) is 4.79 Å². The second-order valence-electron chi connectivity index (χ2n) is 5.17. The lowest BCUT2D eigenvalue weighted by Crippen LogP contribution is -2.49. The van der Waals surface area contributed by atoms with Crippen molar-refractivity contribution >= 4 is 11.6 Å². The summed E-state index contributed by atoms with van der Waals surface area (Å²) in [5, 5.41) is 10.8. The molecule has 0 bridgehead atoms. The fourth-order valence-corrected chi connectivity index (χ4v) is 2.52. The minimum atomic E-state index is -0.236. The van der Waals surface area contributed by atoms with Gasteiger partial charge in [0.1, 0.15) is 12.1 Å². The van der Waals surface area contributed by atoms with E-state index in [1.54, 1.807) is 16.8 Å². The van der Waals surface area contributed by atoms with Crippen LogP contribution < -0.4 is 4.90 Å². The number of carbonyl (C=O) groups excluding carboxylic acids is 1. The zero-order valence-electron chi connectivity index (χ0n) is 12.1. The smallest absolute Gasteiger partial charge is 0.224 e. The molecule has 3 rings (SSSR count). The largest absolute Gasteiger partial charge is 0.368 e. The number of benzene rings is 1. The Kier molecular flexibility index (Phi) is 4.27. The molecule has 1 aliphatic heterocycles. The van der Waals surface area contributed by atoms with Crippen LogP contribution in [0.15, 0.2) is 30.6 Å². The minimum absolute atomic E-state index is 0.106. The molecule has 2 heterocycles. The number of aryl methyl sites for hydroxylation is 1. The van der Waals surface area contributed by atoms with Crippen LogP contribution in [0, 0.1) is 5.82 Å². The molecule has 2 aromatic rings. The van der Waals surface area contributed by atoms with Gasteiger partial charge in [-0.15, -0.1) is 5.10 Å². The topological polar surface area (TPSA) is 67.2 Å². The maximum Gasteiger partial charge on any atom is 0.224 e. The van der Waals surface area contributed by atoms with E-state index in [1.165, 1.54) is 18.5 Å². The Hall–Kier alpha value is -2.51. The van der Waals surface area contributed by atoms with Crippen LogP contribution in [0.2, 0.25) is 0 Å². The van der Waals surface area contributed by atoms with Gasteiger partial charge < -0.3 is 9.80 Å². The predicted octanol–water partition coefficient (Wildman–Crippen LogP) is 0.551. The lowest BCUT2D eigenvalue weighted by molar-refractivity contribution is -0.131. The van der Waals surface area contributed by atoms with Gasteiger partial charge in [0.15, 0.2) is 0 Å². The summed E-state index contributed by atoms with van der Waals surface area (Å²) in [4.78, 5) is 16.2. The zero-order valence-corrected chi connectivity index (χ0v) is 12.1. The Morgan fingerprint density at radius 2 is 1.86 bits per heavy atom. The summed E-state index contributed by atoms with van der Waals surface area (Å²) in [5.74, 6) is -0.130. The SMILES string of the molecule is O=C(CCn1cnnn1)N1CCN(c2ccc(F)cc2)CC1. The van der Waals surface area contributed by atoms with Gasteiger partial charge in [-0.25, -0.2) is 9.07 Å². The number of tetrazole rings is 1. The van der Waals surface area contributed by atoms with Crippen LogP contribution in [0.3, 0.4) is 0 Å². The molecular weight excluding hydrogens is 287 g/mol. The van der Waals surface area contributed by atoms with Gasteiger partial charge in [0.2, 0.25) is 5.91 Å². The van der Waals surface area contributed by atoms with E-state index in [-0.39, 0.29) is 11.7 Å². The number of hydrogen-bond acceptors (Lipinski definition) is 5. The minimum Gasteiger partial charge on any atom is -0.368 e. The molecule has 0 saturated carbocycles. The van der Waals surface area contributed by atoms with Crippen LogP contribution in [0.25, 0.3) is 0 Å². The van der Waals surface area contributed by atoms with E-state index in [4.69, 9.17) is 0 Å². The molecule has 1 amide bonds. The molecule has 1 aromatic carbocycles. The maximum absolute atomic E-state index is 12.9. The molecule has 1 aromatic heterocycles. The van der Waals surface area contributed by atoms with Crippen molar-refractivity contribution in [3.63, 3.8) is 0 Å². The molecule has 0 spiro atoms. The second-order valence-corrected chi connectivity index (χ2v) is 5.17. The highest BCUT2D eigenvalue weighted by molar-refractivity contribution is 5.76. The normalized spacial score (nSPS) is 15.1. The first-order valence-corrected chi connectivity index (χ1v) is 7.21. The summed E-state index contributed by atoms with van der Waals surface area (Å²) in [6.07, 6.45) is 1.89. The zero-order chi connectivity index (χ0) is 15.4. The van der Waals surface area contributed by atoms with Crippen LogP contribution in [-0.2, 0) is 11.3 Å². The van der Waals surface area contributed by atoms with E-state index in [0.717, 1.165) is 18.8 Å².